The molecule has 2 N–H and O–H groups in total. The molecule has 0 saturated carbocycles. The van der Waals surface area contributed by atoms with Crippen LogP contribution >= 0.6 is 0 Å². The lowest BCUT2D eigenvalue weighted by Gasteiger charge is -2.27. The number of halogens is 1. The summed E-state index contributed by atoms with van der Waals surface area (Å²) in [5.74, 6) is 0.477. The maximum absolute atomic E-state index is 13.1. The van der Waals surface area contributed by atoms with Crippen molar-refractivity contribution in [2.24, 2.45) is 5.92 Å². The van der Waals surface area contributed by atoms with Gasteiger partial charge in [-0.2, -0.15) is 0 Å². The van der Waals surface area contributed by atoms with Crippen LogP contribution in [0.4, 0.5) is 10.1 Å². The zero-order chi connectivity index (χ0) is 21.1. The van der Waals surface area contributed by atoms with Gasteiger partial charge in [-0.3, -0.25) is 0 Å². The second kappa shape index (κ2) is 8.99. The summed E-state index contributed by atoms with van der Waals surface area (Å²) in [4.78, 5) is 2.27. The number of benzene rings is 3. The standard InChI is InChI=1S/C26H29FN2O/c1-29(2)17-18-3-4-23-16-25(14-11-22(23)15-18)28-26(30)21-7-5-19(6-8-21)20-9-12-24(27)13-10-20/h5-14,16,18,26,28,30H,3-4,15,17H2,1-2H3. The Morgan fingerprint density at radius 3 is 2.30 bits per heavy atom. The van der Waals surface area contributed by atoms with Crippen molar-refractivity contribution >= 4 is 5.69 Å². The molecule has 4 heteroatoms. The van der Waals surface area contributed by atoms with Gasteiger partial charge in [-0.25, -0.2) is 4.39 Å². The molecule has 156 valence electrons. The van der Waals surface area contributed by atoms with Crippen LogP contribution in [0.3, 0.4) is 0 Å². The maximum Gasteiger partial charge on any atom is 0.150 e. The third-order valence-corrected chi connectivity index (χ3v) is 5.87. The maximum atomic E-state index is 13.1. The number of rotatable bonds is 6. The van der Waals surface area contributed by atoms with Crippen LogP contribution in [0.25, 0.3) is 11.1 Å². The van der Waals surface area contributed by atoms with Crippen molar-refractivity contribution in [3.63, 3.8) is 0 Å². The number of aliphatic hydroxyl groups is 1. The largest absolute Gasteiger partial charge is 0.369 e. The number of fused-ring (bicyclic) bond motifs is 1. The molecule has 0 fully saturated rings. The van der Waals surface area contributed by atoms with E-state index in [4.69, 9.17) is 0 Å². The first-order valence-electron chi connectivity index (χ1n) is 10.5. The molecule has 0 bridgehead atoms. The van der Waals surface area contributed by atoms with E-state index in [0.717, 1.165) is 47.7 Å². The van der Waals surface area contributed by atoms with Crippen LogP contribution in [0.15, 0.2) is 66.7 Å². The average molecular weight is 405 g/mol. The van der Waals surface area contributed by atoms with Crippen molar-refractivity contribution in [1.82, 2.24) is 4.90 Å². The van der Waals surface area contributed by atoms with Gasteiger partial charge in [-0.05, 0) is 85.8 Å². The van der Waals surface area contributed by atoms with Crippen LogP contribution in [0.5, 0.6) is 0 Å². The van der Waals surface area contributed by atoms with E-state index in [1.165, 1.54) is 29.7 Å². The molecule has 0 aliphatic heterocycles. The molecule has 0 saturated heterocycles. The number of nitrogens with one attached hydrogen (secondary N) is 1. The van der Waals surface area contributed by atoms with Crippen LogP contribution in [0, 0.1) is 11.7 Å². The van der Waals surface area contributed by atoms with E-state index in [0.29, 0.717) is 0 Å². The highest BCUT2D eigenvalue weighted by Crippen LogP contribution is 2.30. The first kappa shape index (κ1) is 20.6. The lowest BCUT2D eigenvalue weighted by molar-refractivity contribution is 0.208. The fourth-order valence-corrected chi connectivity index (χ4v) is 4.33. The van der Waals surface area contributed by atoms with Gasteiger partial charge in [-0.15, -0.1) is 0 Å². The summed E-state index contributed by atoms with van der Waals surface area (Å²) in [6.07, 6.45) is 2.64. The molecule has 0 aromatic heterocycles. The van der Waals surface area contributed by atoms with Gasteiger partial charge in [-0.1, -0.05) is 42.5 Å². The molecule has 0 amide bonds. The van der Waals surface area contributed by atoms with Crippen LogP contribution in [0.1, 0.15) is 29.3 Å². The number of hydrogen-bond donors (Lipinski definition) is 2. The quantitative estimate of drug-likeness (QED) is 0.550. The van der Waals surface area contributed by atoms with Crippen molar-refractivity contribution < 1.29 is 9.50 Å². The van der Waals surface area contributed by atoms with Crippen molar-refractivity contribution in [2.45, 2.75) is 25.5 Å². The lowest BCUT2D eigenvalue weighted by atomic mass is 9.83. The van der Waals surface area contributed by atoms with E-state index in [9.17, 15) is 9.50 Å². The molecule has 3 aromatic rings. The smallest absolute Gasteiger partial charge is 0.150 e. The van der Waals surface area contributed by atoms with E-state index in [2.05, 4.69) is 42.5 Å². The molecule has 0 heterocycles. The lowest BCUT2D eigenvalue weighted by Crippen LogP contribution is -2.26. The average Bonchev–Trinajstić information content (AvgIpc) is 2.74. The summed E-state index contributed by atoms with van der Waals surface area (Å²) in [5, 5.41) is 13.9. The van der Waals surface area contributed by atoms with Gasteiger partial charge in [0.2, 0.25) is 0 Å². The first-order valence-corrected chi connectivity index (χ1v) is 10.5. The third kappa shape index (κ3) is 4.89. The molecular weight excluding hydrogens is 375 g/mol. The summed E-state index contributed by atoms with van der Waals surface area (Å²) in [7, 11) is 4.27. The SMILES string of the molecule is CN(C)CC1CCc2cc(NC(O)c3ccc(-c4ccc(F)cc4)cc3)ccc2C1. The summed E-state index contributed by atoms with van der Waals surface area (Å²) in [6, 6.07) is 20.6. The van der Waals surface area contributed by atoms with Crippen molar-refractivity contribution in [1.29, 1.82) is 0 Å². The molecule has 4 rings (SSSR count). The van der Waals surface area contributed by atoms with Gasteiger partial charge < -0.3 is 15.3 Å². The second-order valence-electron chi connectivity index (χ2n) is 8.53. The molecule has 2 atom stereocenters. The predicted octanol–water partition coefficient (Wildman–Crippen LogP) is 5.26. The number of aryl methyl sites for hydroxylation is 1. The van der Waals surface area contributed by atoms with Gasteiger partial charge in [0, 0.05) is 17.8 Å². The summed E-state index contributed by atoms with van der Waals surface area (Å²) in [6.45, 7) is 1.13. The van der Waals surface area contributed by atoms with Crippen LogP contribution in [-0.4, -0.2) is 30.6 Å². The van der Waals surface area contributed by atoms with Crippen molar-refractivity contribution in [2.75, 3.05) is 26.0 Å². The van der Waals surface area contributed by atoms with Gasteiger partial charge in [0.25, 0.3) is 0 Å². The van der Waals surface area contributed by atoms with E-state index in [1.54, 1.807) is 12.1 Å². The third-order valence-electron chi connectivity index (χ3n) is 5.87. The fraction of sp³-hybridized carbons (Fsp3) is 0.308. The topological polar surface area (TPSA) is 35.5 Å². The van der Waals surface area contributed by atoms with E-state index >= 15 is 0 Å². The monoisotopic (exact) mass is 404 g/mol. The highest BCUT2D eigenvalue weighted by Gasteiger charge is 2.19. The van der Waals surface area contributed by atoms with Gasteiger partial charge in [0.1, 0.15) is 5.82 Å². The first-order chi connectivity index (χ1) is 14.5. The summed E-state index contributed by atoms with van der Waals surface area (Å²) in [5.41, 5.74) is 6.49. The summed E-state index contributed by atoms with van der Waals surface area (Å²) >= 11 is 0. The minimum absolute atomic E-state index is 0.242. The van der Waals surface area contributed by atoms with Gasteiger partial charge in [0.05, 0.1) is 0 Å². The molecule has 3 aromatic carbocycles. The Labute approximate surface area is 178 Å². The molecule has 30 heavy (non-hydrogen) atoms. The highest BCUT2D eigenvalue weighted by atomic mass is 19.1. The zero-order valence-corrected chi connectivity index (χ0v) is 17.6. The Bertz CT molecular complexity index is 983. The van der Waals surface area contributed by atoms with Crippen molar-refractivity contribution in [3.8, 4) is 11.1 Å². The molecule has 0 spiro atoms. The number of nitrogens with zero attached hydrogens (tertiary/aromatic N) is 1. The minimum Gasteiger partial charge on any atom is -0.369 e. The highest BCUT2D eigenvalue weighted by molar-refractivity contribution is 5.63. The van der Waals surface area contributed by atoms with Gasteiger partial charge in [0.15, 0.2) is 6.23 Å². The predicted molar refractivity (Wildman–Crippen MR) is 121 cm³/mol. The number of aliphatic hydroxyl groups excluding tert-OH is 1. The molecule has 1 aliphatic carbocycles. The Balaban J connectivity index is 1.41. The van der Waals surface area contributed by atoms with Crippen LogP contribution < -0.4 is 5.32 Å². The molecule has 0 radical (unpaired) electrons. The number of anilines is 1. The molecule has 3 nitrogen and oxygen atoms in total. The Hall–Kier alpha value is -2.69. The zero-order valence-electron chi connectivity index (χ0n) is 17.6. The van der Waals surface area contributed by atoms with E-state index < -0.39 is 6.23 Å². The van der Waals surface area contributed by atoms with Crippen LogP contribution in [0.2, 0.25) is 0 Å². The van der Waals surface area contributed by atoms with E-state index in [1.807, 2.05) is 24.3 Å². The molecule has 2 unspecified atom stereocenters. The second-order valence-corrected chi connectivity index (χ2v) is 8.53. The number of hydrogen-bond acceptors (Lipinski definition) is 3. The Morgan fingerprint density at radius 2 is 1.63 bits per heavy atom. The van der Waals surface area contributed by atoms with Crippen molar-refractivity contribution in [3.05, 3.63) is 89.2 Å². The fourth-order valence-electron chi connectivity index (χ4n) is 4.33. The Morgan fingerprint density at radius 1 is 0.967 bits per heavy atom. The summed E-state index contributed by atoms with van der Waals surface area (Å²) < 4.78 is 13.1. The van der Waals surface area contributed by atoms with Crippen LogP contribution in [-0.2, 0) is 12.8 Å². The van der Waals surface area contributed by atoms with E-state index in [-0.39, 0.29) is 5.82 Å². The molecular formula is C26H29FN2O. The molecule has 1 aliphatic rings. The Kier molecular flexibility index (Phi) is 6.16. The normalized spacial score (nSPS) is 16.9. The minimum atomic E-state index is -0.782. The van der Waals surface area contributed by atoms with Gasteiger partial charge >= 0.3 is 0 Å².